The molecule has 2 aliphatic rings. The molecule has 7 aromatic rings. The first-order chi connectivity index (χ1) is 20.8. The van der Waals surface area contributed by atoms with Gasteiger partial charge in [0.05, 0.1) is 5.69 Å². The van der Waals surface area contributed by atoms with Gasteiger partial charge in [-0.3, -0.25) is 0 Å². The Morgan fingerprint density at radius 1 is 0.452 bits per heavy atom. The molecule has 1 aromatic heterocycles. The molecule has 0 atom stereocenters. The van der Waals surface area contributed by atoms with Crippen LogP contribution in [-0.2, 0) is 0 Å². The van der Waals surface area contributed by atoms with Gasteiger partial charge in [0.1, 0.15) is 0 Å². The van der Waals surface area contributed by atoms with Crippen LogP contribution in [0.2, 0.25) is 0 Å². The summed E-state index contributed by atoms with van der Waals surface area (Å²) in [5.74, 6) is 0. The highest BCUT2D eigenvalue weighted by molar-refractivity contribution is 7.00. The van der Waals surface area contributed by atoms with Crippen molar-refractivity contribution in [1.82, 2.24) is 4.57 Å². The van der Waals surface area contributed by atoms with Crippen LogP contribution >= 0.6 is 0 Å². The van der Waals surface area contributed by atoms with Crippen LogP contribution in [0.5, 0.6) is 0 Å². The molecule has 3 heteroatoms. The number of anilines is 2. The Kier molecular flexibility index (Phi) is 4.94. The molecular formula is C39H27BN2. The highest BCUT2D eigenvalue weighted by Crippen LogP contribution is 2.44. The van der Waals surface area contributed by atoms with Crippen LogP contribution in [0.3, 0.4) is 0 Å². The van der Waals surface area contributed by atoms with E-state index >= 15 is 0 Å². The molecule has 196 valence electrons. The van der Waals surface area contributed by atoms with E-state index in [-0.39, 0.29) is 6.71 Å². The molecule has 0 bridgehead atoms. The predicted octanol–water partition coefficient (Wildman–Crippen LogP) is 7.54. The second-order valence-electron chi connectivity index (χ2n) is 11.4. The molecule has 0 amide bonds. The smallest absolute Gasteiger partial charge is 0.252 e. The molecule has 0 saturated carbocycles. The minimum Gasteiger partial charge on any atom is -0.345 e. The van der Waals surface area contributed by atoms with Crippen molar-refractivity contribution in [1.29, 1.82) is 0 Å². The minimum atomic E-state index is 0.187. The fourth-order valence-electron chi connectivity index (χ4n) is 7.43. The molecule has 0 radical (unpaired) electrons. The maximum absolute atomic E-state index is 2.55. The molecule has 3 heterocycles. The van der Waals surface area contributed by atoms with Crippen LogP contribution in [0.1, 0.15) is 0 Å². The largest absolute Gasteiger partial charge is 0.345 e. The van der Waals surface area contributed by atoms with Crippen LogP contribution in [0.4, 0.5) is 11.4 Å². The second-order valence-corrected chi connectivity index (χ2v) is 11.4. The van der Waals surface area contributed by atoms with Crippen molar-refractivity contribution in [3.8, 4) is 39.2 Å². The maximum Gasteiger partial charge on any atom is 0.252 e. The summed E-state index contributed by atoms with van der Waals surface area (Å²) in [6, 6.07) is 53.3. The van der Waals surface area contributed by atoms with E-state index in [0.717, 1.165) is 0 Å². The van der Waals surface area contributed by atoms with Crippen LogP contribution in [0.15, 0.2) is 146 Å². The van der Waals surface area contributed by atoms with Crippen LogP contribution in [0.25, 0.3) is 50.1 Å². The Labute approximate surface area is 246 Å². The van der Waals surface area contributed by atoms with Crippen molar-refractivity contribution in [3.05, 3.63) is 146 Å². The third-order valence-electron chi connectivity index (χ3n) is 9.22. The van der Waals surface area contributed by atoms with Gasteiger partial charge < -0.3 is 9.47 Å². The predicted molar refractivity (Wildman–Crippen MR) is 179 cm³/mol. The minimum absolute atomic E-state index is 0.187. The van der Waals surface area contributed by atoms with Crippen LogP contribution < -0.4 is 21.3 Å². The highest BCUT2D eigenvalue weighted by Gasteiger charge is 2.41. The van der Waals surface area contributed by atoms with Gasteiger partial charge in [-0.2, -0.15) is 0 Å². The lowest BCUT2D eigenvalue weighted by atomic mass is 9.34. The number of nitrogens with zero attached hydrogens (tertiary/aromatic N) is 2. The quantitative estimate of drug-likeness (QED) is 0.213. The number of fused-ring (bicyclic) bond motifs is 4. The number of hydrogen-bond donors (Lipinski definition) is 0. The molecule has 0 unspecified atom stereocenters. The number of benzene rings is 6. The third-order valence-corrected chi connectivity index (χ3v) is 9.22. The molecule has 2 aliphatic heterocycles. The van der Waals surface area contributed by atoms with E-state index in [9.17, 15) is 0 Å². The van der Waals surface area contributed by atoms with Gasteiger partial charge in [0.2, 0.25) is 0 Å². The van der Waals surface area contributed by atoms with Gasteiger partial charge in [0.15, 0.2) is 0 Å². The molecule has 0 aliphatic carbocycles. The normalized spacial score (nSPS) is 12.8. The number of rotatable bonds is 3. The Balaban J connectivity index is 1.39. The first-order valence-corrected chi connectivity index (χ1v) is 14.6. The zero-order valence-electron chi connectivity index (χ0n) is 23.3. The Morgan fingerprint density at radius 2 is 1.02 bits per heavy atom. The van der Waals surface area contributed by atoms with Crippen molar-refractivity contribution in [2.24, 2.45) is 0 Å². The number of aromatic nitrogens is 1. The lowest BCUT2D eigenvalue weighted by Crippen LogP contribution is -2.60. The van der Waals surface area contributed by atoms with Gasteiger partial charge in [0, 0.05) is 40.6 Å². The SMILES string of the molecule is CN1c2ccccc2B2c3c1cccc3-n1c(-c3ccccc3)c(-c3ccc(-c4ccccc4)cc3)c3cccc2c31. The summed E-state index contributed by atoms with van der Waals surface area (Å²) < 4.78 is 2.55. The molecule has 0 spiro atoms. The average Bonchev–Trinajstić information content (AvgIpc) is 3.42. The molecule has 42 heavy (non-hydrogen) atoms. The summed E-state index contributed by atoms with van der Waals surface area (Å²) in [6.45, 7) is 0.187. The lowest BCUT2D eigenvalue weighted by molar-refractivity contribution is 1.13. The Morgan fingerprint density at radius 3 is 1.81 bits per heavy atom. The van der Waals surface area contributed by atoms with E-state index < -0.39 is 0 Å². The fourth-order valence-corrected chi connectivity index (χ4v) is 7.43. The lowest BCUT2D eigenvalue weighted by Gasteiger charge is -2.38. The number of para-hydroxylation sites is 2. The summed E-state index contributed by atoms with van der Waals surface area (Å²) >= 11 is 0. The van der Waals surface area contributed by atoms with Crippen LogP contribution in [0, 0.1) is 0 Å². The maximum atomic E-state index is 2.55. The van der Waals surface area contributed by atoms with Crippen molar-refractivity contribution >= 4 is 45.4 Å². The van der Waals surface area contributed by atoms with E-state index in [1.165, 1.54) is 77.9 Å². The van der Waals surface area contributed by atoms with E-state index in [0.29, 0.717) is 0 Å². The second kappa shape index (κ2) is 8.86. The topological polar surface area (TPSA) is 8.17 Å². The van der Waals surface area contributed by atoms with Gasteiger partial charge in [-0.1, -0.05) is 127 Å². The number of hydrogen-bond acceptors (Lipinski definition) is 1. The summed E-state index contributed by atoms with van der Waals surface area (Å²) in [4.78, 5) is 2.37. The van der Waals surface area contributed by atoms with Crippen molar-refractivity contribution in [2.75, 3.05) is 11.9 Å². The zero-order valence-corrected chi connectivity index (χ0v) is 23.3. The van der Waals surface area contributed by atoms with Crippen molar-refractivity contribution in [3.63, 3.8) is 0 Å². The van der Waals surface area contributed by atoms with Gasteiger partial charge in [-0.05, 0) is 56.8 Å². The van der Waals surface area contributed by atoms with Crippen molar-refractivity contribution < 1.29 is 0 Å². The Hall–Kier alpha value is -5.28. The molecular weight excluding hydrogens is 507 g/mol. The molecule has 9 rings (SSSR count). The molecule has 0 fully saturated rings. The van der Waals surface area contributed by atoms with Crippen molar-refractivity contribution in [2.45, 2.75) is 0 Å². The fraction of sp³-hybridized carbons (Fsp3) is 0.0256. The summed E-state index contributed by atoms with van der Waals surface area (Å²) in [5, 5.41) is 1.30. The van der Waals surface area contributed by atoms with Gasteiger partial charge in [-0.25, -0.2) is 0 Å². The van der Waals surface area contributed by atoms with E-state index in [1.54, 1.807) is 0 Å². The van der Waals surface area contributed by atoms with Gasteiger partial charge >= 0.3 is 0 Å². The Bertz CT molecular complexity index is 2140. The molecule has 6 aromatic carbocycles. The first-order valence-electron chi connectivity index (χ1n) is 14.6. The van der Waals surface area contributed by atoms with Gasteiger partial charge in [-0.15, -0.1) is 0 Å². The van der Waals surface area contributed by atoms with Gasteiger partial charge in [0.25, 0.3) is 6.71 Å². The standard InChI is InChI=1S/C39H27BN2/c1-41-33-19-9-8-17-31(33)40-32-18-10-16-30-36(28-24-22-27(23-25-28)26-12-4-2-5-13-26)38(29-14-6-3-7-15-29)42(39(30)32)35-21-11-20-34(41)37(35)40/h2-25H,1H3. The first kappa shape index (κ1) is 23.4. The average molecular weight is 534 g/mol. The molecule has 0 saturated heterocycles. The summed E-state index contributed by atoms with van der Waals surface area (Å²) in [5.41, 5.74) is 16.7. The summed E-state index contributed by atoms with van der Waals surface area (Å²) in [7, 11) is 2.20. The van der Waals surface area contributed by atoms with E-state index in [2.05, 4.69) is 162 Å². The van der Waals surface area contributed by atoms with Crippen LogP contribution in [-0.4, -0.2) is 18.3 Å². The summed E-state index contributed by atoms with van der Waals surface area (Å²) in [6.07, 6.45) is 0. The zero-order chi connectivity index (χ0) is 27.8. The molecule has 2 nitrogen and oxygen atoms in total. The van der Waals surface area contributed by atoms with E-state index in [1.807, 2.05) is 0 Å². The third kappa shape index (κ3) is 3.16. The van der Waals surface area contributed by atoms with E-state index in [4.69, 9.17) is 0 Å². The highest BCUT2D eigenvalue weighted by atomic mass is 15.1. The monoisotopic (exact) mass is 534 g/mol. The molecule has 0 N–H and O–H groups in total.